The highest BCUT2D eigenvalue weighted by molar-refractivity contribution is 5.42. The first kappa shape index (κ1) is 19.5. The number of methoxy groups -OCH3 is 1. The van der Waals surface area contributed by atoms with Crippen molar-refractivity contribution >= 4 is 0 Å². The third-order valence-electron chi connectivity index (χ3n) is 5.60. The van der Waals surface area contributed by atoms with Crippen molar-refractivity contribution in [3.8, 4) is 17.2 Å². The van der Waals surface area contributed by atoms with E-state index in [1.165, 1.54) is 19.2 Å². The predicted molar refractivity (Wildman–Crippen MR) is 99.4 cm³/mol. The number of hydrogen-bond acceptors (Lipinski definition) is 6. The van der Waals surface area contributed by atoms with Crippen LogP contribution in [-0.2, 0) is 6.61 Å². The maximum absolute atomic E-state index is 10.9. The molecule has 6 nitrogen and oxygen atoms in total. The number of ether oxygens (including phenoxy) is 1. The second-order valence-electron chi connectivity index (χ2n) is 7.13. The highest BCUT2D eigenvalue weighted by atomic mass is 16.5. The third kappa shape index (κ3) is 3.88. The first-order valence-corrected chi connectivity index (χ1v) is 9.12. The Hall–Kier alpha value is -2.28. The fourth-order valence-corrected chi connectivity index (χ4v) is 4.09. The van der Waals surface area contributed by atoms with Crippen LogP contribution in [0.3, 0.4) is 0 Å². The molecule has 0 aliphatic heterocycles. The van der Waals surface area contributed by atoms with E-state index in [9.17, 15) is 25.5 Å². The molecule has 1 fully saturated rings. The van der Waals surface area contributed by atoms with Gasteiger partial charge in [0.1, 0.15) is 5.75 Å². The van der Waals surface area contributed by atoms with Crippen LogP contribution in [0, 0.1) is 11.8 Å². The van der Waals surface area contributed by atoms with Gasteiger partial charge in [-0.05, 0) is 60.1 Å². The van der Waals surface area contributed by atoms with Gasteiger partial charge in [0.05, 0.1) is 25.9 Å². The van der Waals surface area contributed by atoms with Crippen molar-refractivity contribution in [1.29, 1.82) is 0 Å². The van der Waals surface area contributed by atoms with Crippen LogP contribution in [0.25, 0.3) is 0 Å². The molecule has 1 saturated carbocycles. The van der Waals surface area contributed by atoms with Gasteiger partial charge in [-0.15, -0.1) is 0 Å². The zero-order valence-corrected chi connectivity index (χ0v) is 15.2. The standard InChI is InChI=1S/C21H26O6/c1-27-19-10-13(6-8-18(19)24)21(26)16-4-2-3-15(16)20(25)12-5-7-17(23)14(9-12)11-22/h5-10,15-16,20-26H,2-4,11H2,1H3/t15-,16-,20?,21?/m0/s1. The number of hydrogen-bond donors (Lipinski definition) is 5. The maximum Gasteiger partial charge on any atom is 0.160 e. The molecule has 6 heteroatoms. The third-order valence-corrected chi connectivity index (χ3v) is 5.60. The average Bonchev–Trinajstić information content (AvgIpc) is 3.17. The summed E-state index contributed by atoms with van der Waals surface area (Å²) in [5, 5.41) is 50.6. The summed E-state index contributed by atoms with van der Waals surface area (Å²) < 4.78 is 5.12. The van der Waals surface area contributed by atoms with Crippen molar-refractivity contribution in [2.75, 3.05) is 7.11 Å². The van der Waals surface area contributed by atoms with Gasteiger partial charge in [-0.3, -0.25) is 0 Å². The molecule has 0 bridgehead atoms. The lowest BCUT2D eigenvalue weighted by molar-refractivity contribution is 0.0210. The highest BCUT2D eigenvalue weighted by Crippen LogP contribution is 2.47. The molecule has 146 valence electrons. The molecule has 27 heavy (non-hydrogen) atoms. The molecule has 2 aromatic rings. The van der Waals surface area contributed by atoms with Crippen molar-refractivity contribution in [1.82, 2.24) is 0 Å². The number of rotatable bonds is 6. The number of phenols is 2. The Balaban J connectivity index is 1.84. The number of benzene rings is 2. The van der Waals surface area contributed by atoms with Gasteiger partial charge in [-0.1, -0.05) is 18.6 Å². The summed E-state index contributed by atoms with van der Waals surface area (Å²) >= 11 is 0. The Bertz CT molecular complexity index is 725. The van der Waals surface area contributed by atoms with Crippen LogP contribution in [0.1, 0.15) is 48.2 Å². The van der Waals surface area contributed by atoms with E-state index in [0.29, 0.717) is 22.4 Å². The molecule has 0 spiro atoms. The van der Waals surface area contributed by atoms with Crippen molar-refractivity contribution in [2.24, 2.45) is 11.8 Å². The molecule has 1 aliphatic carbocycles. The monoisotopic (exact) mass is 374 g/mol. The zero-order valence-electron chi connectivity index (χ0n) is 15.2. The molecule has 0 radical (unpaired) electrons. The molecule has 0 heterocycles. The summed E-state index contributed by atoms with van der Waals surface area (Å²) in [5.74, 6) is -0.00555. The Morgan fingerprint density at radius 1 is 0.926 bits per heavy atom. The van der Waals surface area contributed by atoms with Crippen LogP contribution in [0.2, 0.25) is 0 Å². The van der Waals surface area contributed by atoms with Gasteiger partial charge in [-0.25, -0.2) is 0 Å². The minimum absolute atomic E-state index is 0.00681. The van der Waals surface area contributed by atoms with Crippen LogP contribution in [0.4, 0.5) is 0 Å². The summed E-state index contributed by atoms with van der Waals surface area (Å²) in [5.41, 5.74) is 1.62. The summed E-state index contributed by atoms with van der Waals surface area (Å²) in [6, 6.07) is 9.48. The lowest BCUT2D eigenvalue weighted by Gasteiger charge is -2.29. The molecule has 3 rings (SSSR count). The first-order valence-electron chi connectivity index (χ1n) is 9.12. The molecule has 4 atom stereocenters. The Kier molecular flexibility index (Phi) is 5.89. The van der Waals surface area contributed by atoms with Crippen LogP contribution in [0.15, 0.2) is 36.4 Å². The largest absolute Gasteiger partial charge is 0.508 e. The van der Waals surface area contributed by atoms with E-state index in [1.54, 1.807) is 24.3 Å². The van der Waals surface area contributed by atoms with E-state index in [1.807, 2.05) is 0 Å². The zero-order chi connectivity index (χ0) is 19.6. The number of aromatic hydroxyl groups is 2. The predicted octanol–water partition coefficient (Wildman–Crippen LogP) is 2.78. The second kappa shape index (κ2) is 8.17. The van der Waals surface area contributed by atoms with Crippen LogP contribution < -0.4 is 4.74 Å². The van der Waals surface area contributed by atoms with E-state index in [4.69, 9.17) is 4.74 Å². The summed E-state index contributed by atoms with van der Waals surface area (Å²) in [6.07, 6.45) is 0.835. The van der Waals surface area contributed by atoms with Gasteiger partial charge >= 0.3 is 0 Å². The minimum atomic E-state index is -0.808. The van der Waals surface area contributed by atoms with E-state index in [0.717, 1.165) is 19.3 Å². The topological polar surface area (TPSA) is 110 Å². The minimum Gasteiger partial charge on any atom is -0.508 e. The number of phenolic OH excluding ortho intramolecular Hbond substituents is 1. The second-order valence-corrected chi connectivity index (χ2v) is 7.13. The highest BCUT2D eigenvalue weighted by Gasteiger charge is 2.38. The van der Waals surface area contributed by atoms with Crippen LogP contribution in [0.5, 0.6) is 17.2 Å². The molecule has 0 aromatic heterocycles. The molecular formula is C21H26O6. The quantitative estimate of drug-likeness (QED) is 0.532. The van der Waals surface area contributed by atoms with Gasteiger partial charge in [-0.2, -0.15) is 0 Å². The summed E-state index contributed by atoms with van der Waals surface area (Å²) in [7, 11) is 1.46. The summed E-state index contributed by atoms with van der Waals surface area (Å²) in [6.45, 7) is -0.309. The number of aliphatic hydroxyl groups excluding tert-OH is 3. The molecule has 2 aromatic carbocycles. The van der Waals surface area contributed by atoms with Crippen molar-refractivity contribution in [3.63, 3.8) is 0 Å². The van der Waals surface area contributed by atoms with Crippen LogP contribution in [-0.4, -0.2) is 32.6 Å². The molecule has 1 aliphatic rings. The Morgan fingerprint density at radius 3 is 2.04 bits per heavy atom. The van der Waals surface area contributed by atoms with Crippen molar-refractivity contribution in [3.05, 3.63) is 53.1 Å². The normalized spacial score (nSPS) is 21.8. The molecule has 2 unspecified atom stereocenters. The fourth-order valence-electron chi connectivity index (χ4n) is 4.09. The molecule has 5 N–H and O–H groups in total. The van der Waals surface area contributed by atoms with E-state index < -0.39 is 12.2 Å². The molecule has 0 saturated heterocycles. The van der Waals surface area contributed by atoms with E-state index in [2.05, 4.69) is 0 Å². The van der Waals surface area contributed by atoms with Gasteiger partial charge in [0.2, 0.25) is 0 Å². The van der Waals surface area contributed by atoms with E-state index in [-0.39, 0.29) is 29.9 Å². The van der Waals surface area contributed by atoms with Crippen LogP contribution >= 0.6 is 0 Å². The molecular weight excluding hydrogens is 348 g/mol. The van der Waals surface area contributed by atoms with Gasteiger partial charge in [0.15, 0.2) is 11.5 Å². The maximum atomic E-state index is 10.9. The van der Waals surface area contributed by atoms with Crippen molar-refractivity contribution < 1.29 is 30.3 Å². The summed E-state index contributed by atoms with van der Waals surface area (Å²) in [4.78, 5) is 0. The Morgan fingerprint density at radius 2 is 1.48 bits per heavy atom. The average molecular weight is 374 g/mol. The SMILES string of the molecule is COc1cc(C(O)[C@H]2CCC[C@@H]2C(O)c2ccc(O)c(CO)c2)ccc1O. The number of aliphatic hydroxyl groups is 3. The van der Waals surface area contributed by atoms with Gasteiger partial charge < -0.3 is 30.3 Å². The fraction of sp³-hybridized carbons (Fsp3) is 0.429. The first-order chi connectivity index (χ1) is 13.0. The Labute approximate surface area is 158 Å². The van der Waals surface area contributed by atoms with Gasteiger partial charge in [0, 0.05) is 5.56 Å². The smallest absolute Gasteiger partial charge is 0.160 e. The lowest BCUT2D eigenvalue weighted by Crippen LogP contribution is -2.23. The van der Waals surface area contributed by atoms with Crippen molar-refractivity contribution in [2.45, 2.75) is 38.1 Å². The lowest BCUT2D eigenvalue weighted by atomic mass is 9.81. The molecule has 0 amide bonds. The van der Waals surface area contributed by atoms with E-state index >= 15 is 0 Å². The van der Waals surface area contributed by atoms with Gasteiger partial charge in [0.25, 0.3) is 0 Å².